The van der Waals surface area contributed by atoms with Crippen molar-refractivity contribution in [3.63, 3.8) is 0 Å². The normalized spacial score (nSPS) is 10.4. The number of alkyl halides is 1. The van der Waals surface area contributed by atoms with Crippen molar-refractivity contribution in [2.45, 2.75) is 19.2 Å². The van der Waals surface area contributed by atoms with Gasteiger partial charge < -0.3 is 4.74 Å². The van der Waals surface area contributed by atoms with Crippen LogP contribution in [0.3, 0.4) is 0 Å². The summed E-state index contributed by atoms with van der Waals surface area (Å²) in [7, 11) is 0. The number of halogens is 2. The van der Waals surface area contributed by atoms with Crippen molar-refractivity contribution in [1.29, 1.82) is 0 Å². The summed E-state index contributed by atoms with van der Waals surface area (Å²) in [6, 6.07) is 11.8. The first-order chi connectivity index (χ1) is 8.60. The van der Waals surface area contributed by atoms with Gasteiger partial charge in [0.25, 0.3) is 0 Å². The molecule has 0 heterocycles. The molecule has 1 nitrogen and oxygen atoms in total. The number of ether oxygens (including phenoxy) is 1. The average molecular weight is 326 g/mol. The summed E-state index contributed by atoms with van der Waals surface area (Å²) >= 11 is 9.53. The Morgan fingerprint density at radius 1 is 1.00 bits per heavy atom. The summed E-state index contributed by atoms with van der Waals surface area (Å²) < 4.78 is 5.79. The maximum atomic E-state index is 6.14. The molecule has 2 aromatic rings. The highest BCUT2D eigenvalue weighted by Gasteiger charge is 2.03. The number of aryl methyl sites for hydroxylation is 2. The summed E-state index contributed by atoms with van der Waals surface area (Å²) in [5.41, 5.74) is 3.54. The third-order valence-electron chi connectivity index (χ3n) is 2.88. The minimum atomic E-state index is 0.716. The van der Waals surface area contributed by atoms with Crippen LogP contribution in [0.2, 0.25) is 5.02 Å². The summed E-state index contributed by atoms with van der Waals surface area (Å²) in [4.78, 5) is 0. The molecule has 0 saturated heterocycles. The Bertz CT molecular complexity index is 566. The molecule has 0 N–H and O–H groups in total. The molecule has 0 spiro atoms. The molecule has 18 heavy (non-hydrogen) atoms. The molecule has 0 atom stereocenters. The first-order valence-electron chi connectivity index (χ1n) is 5.69. The zero-order valence-electron chi connectivity index (χ0n) is 10.3. The Labute approximate surface area is 121 Å². The zero-order valence-corrected chi connectivity index (χ0v) is 12.7. The maximum Gasteiger partial charge on any atom is 0.128 e. The Hall–Kier alpha value is -0.990. The topological polar surface area (TPSA) is 9.23 Å². The molecule has 94 valence electrons. The van der Waals surface area contributed by atoms with E-state index in [1.165, 1.54) is 11.1 Å². The van der Waals surface area contributed by atoms with Crippen molar-refractivity contribution in [2.75, 3.05) is 0 Å². The molecular formula is C15H14BrClO. The fraction of sp³-hybridized carbons (Fsp3) is 0.200. The Kier molecular flexibility index (Phi) is 4.31. The van der Waals surface area contributed by atoms with Crippen LogP contribution in [0.4, 0.5) is 0 Å². The molecule has 2 rings (SSSR count). The lowest BCUT2D eigenvalue weighted by atomic mass is 10.1. The monoisotopic (exact) mass is 324 g/mol. The predicted octanol–water partition coefficient (Wildman–Crippen LogP) is 5.64. The predicted molar refractivity (Wildman–Crippen MR) is 80.1 cm³/mol. The van der Waals surface area contributed by atoms with Crippen molar-refractivity contribution in [3.05, 3.63) is 58.1 Å². The van der Waals surface area contributed by atoms with Gasteiger partial charge in [-0.25, -0.2) is 0 Å². The maximum absolute atomic E-state index is 6.14. The van der Waals surface area contributed by atoms with Crippen LogP contribution in [0.1, 0.15) is 16.7 Å². The summed E-state index contributed by atoms with van der Waals surface area (Å²) in [5, 5.41) is 1.46. The summed E-state index contributed by atoms with van der Waals surface area (Å²) in [5.74, 6) is 1.59. The highest BCUT2D eigenvalue weighted by molar-refractivity contribution is 9.08. The summed E-state index contributed by atoms with van der Waals surface area (Å²) in [6.07, 6.45) is 0. The second-order valence-corrected chi connectivity index (χ2v) is 5.20. The minimum absolute atomic E-state index is 0.716. The Morgan fingerprint density at radius 2 is 1.67 bits per heavy atom. The van der Waals surface area contributed by atoms with Crippen LogP contribution < -0.4 is 4.74 Å². The van der Waals surface area contributed by atoms with Crippen LogP contribution >= 0.6 is 27.5 Å². The van der Waals surface area contributed by atoms with Crippen LogP contribution in [0, 0.1) is 13.8 Å². The largest absolute Gasteiger partial charge is 0.457 e. The molecule has 0 aliphatic heterocycles. The second-order valence-electron chi connectivity index (χ2n) is 4.23. The molecule has 0 bridgehead atoms. The van der Waals surface area contributed by atoms with E-state index in [9.17, 15) is 0 Å². The van der Waals surface area contributed by atoms with E-state index in [1.807, 2.05) is 30.3 Å². The van der Waals surface area contributed by atoms with E-state index >= 15 is 0 Å². The van der Waals surface area contributed by atoms with Gasteiger partial charge in [-0.3, -0.25) is 0 Å². The fourth-order valence-corrected chi connectivity index (χ4v) is 2.50. The van der Waals surface area contributed by atoms with Gasteiger partial charge in [-0.05, 0) is 54.8 Å². The SMILES string of the molecule is Cc1ccc(Oc2ccc(CBr)c(Cl)c2)cc1C. The van der Waals surface area contributed by atoms with Gasteiger partial charge in [0.1, 0.15) is 11.5 Å². The molecule has 2 aromatic carbocycles. The van der Waals surface area contributed by atoms with Crippen molar-refractivity contribution in [1.82, 2.24) is 0 Å². The standard InChI is InChI=1S/C15H14BrClO/c1-10-3-5-13(7-11(10)2)18-14-6-4-12(9-16)15(17)8-14/h3-8H,9H2,1-2H3. The van der Waals surface area contributed by atoms with E-state index in [0.29, 0.717) is 5.02 Å². The number of hydrogen-bond acceptors (Lipinski definition) is 1. The van der Waals surface area contributed by atoms with Gasteiger partial charge in [0, 0.05) is 10.4 Å². The van der Waals surface area contributed by atoms with Gasteiger partial charge in [-0.1, -0.05) is 39.7 Å². The molecule has 3 heteroatoms. The van der Waals surface area contributed by atoms with Crippen molar-refractivity contribution in [2.24, 2.45) is 0 Å². The lowest BCUT2D eigenvalue weighted by Crippen LogP contribution is -1.88. The third-order valence-corrected chi connectivity index (χ3v) is 3.84. The molecule has 0 amide bonds. The molecular weight excluding hydrogens is 312 g/mol. The van der Waals surface area contributed by atoms with Gasteiger partial charge in [0.2, 0.25) is 0 Å². The van der Waals surface area contributed by atoms with Crippen molar-refractivity contribution < 1.29 is 4.74 Å². The molecule has 0 saturated carbocycles. The van der Waals surface area contributed by atoms with Crippen LogP contribution in [0.15, 0.2) is 36.4 Å². The van der Waals surface area contributed by atoms with Crippen molar-refractivity contribution in [3.8, 4) is 11.5 Å². The quantitative estimate of drug-likeness (QED) is 0.663. The molecule has 0 unspecified atom stereocenters. The zero-order chi connectivity index (χ0) is 13.1. The van der Waals surface area contributed by atoms with E-state index in [4.69, 9.17) is 16.3 Å². The van der Waals surface area contributed by atoms with Gasteiger partial charge in [0.05, 0.1) is 0 Å². The lowest BCUT2D eigenvalue weighted by Gasteiger charge is -2.09. The highest BCUT2D eigenvalue weighted by Crippen LogP contribution is 2.28. The van der Waals surface area contributed by atoms with E-state index in [0.717, 1.165) is 22.4 Å². The summed E-state index contributed by atoms with van der Waals surface area (Å²) in [6.45, 7) is 4.16. The average Bonchev–Trinajstić information content (AvgIpc) is 2.34. The number of hydrogen-bond donors (Lipinski definition) is 0. The fourth-order valence-electron chi connectivity index (χ4n) is 1.61. The lowest BCUT2D eigenvalue weighted by molar-refractivity contribution is 0.482. The van der Waals surface area contributed by atoms with Crippen LogP contribution in [0.25, 0.3) is 0 Å². The van der Waals surface area contributed by atoms with E-state index in [-0.39, 0.29) is 0 Å². The molecule has 0 aromatic heterocycles. The number of benzene rings is 2. The highest BCUT2D eigenvalue weighted by atomic mass is 79.9. The van der Waals surface area contributed by atoms with Gasteiger partial charge in [-0.2, -0.15) is 0 Å². The molecule has 0 aliphatic rings. The van der Waals surface area contributed by atoms with Crippen LogP contribution in [0.5, 0.6) is 11.5 Å². The molecule has 0 fully saturated rings. The Morgan fingerprint density at radius 3 is 2.28 bits per heavy atom. The van der Waals surface area contributed by atoms with E-state index in [2.05, 4.69) is 35.8 Å². The third kappa shape index (κ3) is 3.06. The first-order valence-corrected chi connectivity index (χ1v) is 7.19. The van der Waals surface area contributed by atoms with E-state index in [1.54, 1.807) is 0 Å². The minimum Gasteiger partial charge on any atom is -0.457 e. The number of rotatable bonds is 3. The second kappa shape index (κ2) is 5.77. The molecule has 0 radical (unpaired) electrons. The first kappa shape index (κ1) is 13.4. The Balaban J connectivity index is 2.23. The van der Waals surface area contributed by atoms with Gasteiger partial charge >= 0.3 is 0 Å². The van der Waals surface area contributed by atoms with E-state index < -0.39 is 0 Å². The molecule has 0 aliphatic carbocycles. The van der Waals surface area contributed by atoms with Gasteiger partial charge in [-0.15, -0.1) is 0 Å². The smallest absolute Gasteiger partial charge is 0.128 e. The van der Waals surface area contributed by atoms with Crippen LogP contribution in [-0.4, -0.2) is 0 Å². The van der Waals surface area contributed by atoms with Crippen LogP contribution in [-0.2, 0) is 5.33 Å². The van der Waals surface area contributed by atoms with Crippen molar-refractivity contribution >= 4 is 27.5 Å². The van der Waals surface area contributed by atoms with Gasteiger partial charge in [0.15, 0.2) is 0 Å².